The Labute approximate surface area is 114 Å². The molecule has 0 spiro atoms. The van der Waals surface area contributed by atoms with Crippen LogP contribution in [0.1, 0.15) is 18.4 Å². The molecule has 2 aliphatic heterocycles. The Hall–Kier alpha value is -1.26. The van der Waals surface area contributed by atoms with Crippen molar-refractivity contribution in [3.8, 4) is 11.5 Å². The molecule has 2 aliphatic rings. The molecule has 0 aromatic heterocycles. The minimum Gasteiger partial charge on any atom is -0.454 e. The van der Waals surface area contributed by atoms with E-state index >= 15 is 0 Å². The summed E-state index contributed by atoms with van der Waals surface area (Å²) in [6.07, 6.45) is 2.67. The third-order valence-corrected chi connectivity index (χ3v) is 3.92. The van der Waals surface area contributed by atoms with Crippen LogP contribution in [0.15, 0.2) is 18.2 Å². The van der Waals surface area contributed by atoms with E-state index < -0.39 is 0 Å². The predicted molar refractivity (Wildman–Crippen MR) is 74.5 cm³/mol. The maximum Gasteiger partial charge on any atom is 0.231 e. The molecule has 2 heterocycles. The van der Waals surface area contributed by atoms with Gasteiger partial charge in [-0.15, -0.1) is 0 Å². The molecule has 1 fully saturated rings. The Kier molecular flexibility index (Phi) is 3.89. The lowest BCUT2D eigenvalue weighted by atomic mass is 9.98. The summed E-state index contributed by atoms with van der Waals surface area (Å²) in [6.45, 7) is 4.81. The van der Waals surface area contributed by atoms with Crippen molar-refractivity contribution in [1.82, 2.24) is 10.2 Å². The quantitative estimate of drug-likeness (QED) is 0.898. The van der Waals surface area contributed by atoms with Crippen LogP contribution in [-0.2, 0) is 6.54 Å². The molecule has 4 nitrogen and oxygen atoms in total. The number of ether oxygens (including phenoxy) is 2. The summed E-state index contributed by atoms with van der Waals surface area (Å²) in [5.74, 6) is 2.52. The molecule has 1 N–H and O–H groups in total. The third kappa shape index (κ3) is 3.19. The highest BCUT2D eigenvalue weighted by atomic mass is 16.7. The van der Waals surface area contributed by atoms with Gasteiger partial charge in [-0.25, -0.2) is 0 Å². The zero-order valence-corrected chi connectivity index (χ0v) is 11.5. The minimum atomic E-state index is 0.348. The first-order valence-corrected chi connectivity index (χ1v) is 7.09. The van der Waals surface area contributed by atoms with E-state index in [1.165, 1.54) is 31.5 Å². The Morgan fingerprint density at radius 3 is 3.11 bits per heavy atom. The van der Waals surface area contributed by atoms with Gasteiger partial charge in [-0.2, -0.15) is 0 Å². The molecule has 0 radical (unpaired) electrons. The first-order valence-electron chi connectivity index (χ1n) is 7.09. The van der Waals surface area contributed by atoms with Crippen LogP contribution in [0.5, 0.6) is 11.5 Å². The molecule has 4 heteroatoms. The van der Waals surface area contributed by atoms with Gasteiger partial charge in [0.25, 0.3) is 0 Å². The van der Waals surface area contributed by atoms with E-state index in [0.717, 1.165) is 30.5 Å². The summed E-state index contributed by atoms with van der Waals surface area (Å²) in [6, 6.07) is 6.17. The maximum atomic E-state index is 5.39. The van der Waals surface area contributed by atoms with Crippen LogP contribution < -0.4 is 14.8 Å². The van der Waals surface area contributed by atoms with Crippen LogP contribution in [0.2, 0.25) is 0 Å². The second kappa shape index (κ2) is 5.80. The molecule has 1 aromatic rings. The van der Waals surface area contributed by atoms with Gasteiger partial charge in [-0.1, -0.05) is 6.07 Å². The molecule has 1 atom stereocenters. The molecule has 3 rings (SSSR count). The van der Waals surface area contributed by atoms with Gasteiger partial charge < -0.3 is 19.7 Å². The number of nitrogens with zero attached hydrogens (tertiary/aromatic N) is 1. The van der Waals surface area contributed by atoms with Crippen molar-refractivity contribution in [2.75, 3.05) is 33.5 Å². The van der Waals surface area contributed by atoms with E-state index in [-0.39, 0.29) is 0 Å². The number of hydrogen-bond acceptors (Lipinski definition) is 4. The second-order valence-electron chi connectivity index (χ2n) is 5.59. The summed E-state index contributed by atoms with van der Waals surface area (Å²) in [7, 11) is 2.21. The van der Waals surface area contributed by atoms with E-state index in [1.807, 2.05) is 6.07 Å². The molecule has 1 aromatic carbocycles. The number of benzene rings is 1. The third-order valence-electron chi connectivity index (χ3n) is 3.92. The largest absolute Gasteiger partial charge is 0.454 e. The van der Waals surface area contributed by atoms with Crippen LogP contribution in [0, 0.1) is 5.92 Å². The SMILES string of the molecule is CN1CCCC(CNCc2ccc3c(c2)OCO3)C1. The van der Waals surface area contributed by atoms with Crippen LogP contribution >= 0.6 is 0 Å². The molecule has 0 aliphatic carbocycles. The Balaban J connectivity index is 1.47. The van der Waals surface area contributed by atoms with Crippen LogP contribution in [0.4, 0.5) is 0 Å². The first-order chi connectivity index (χ1) is 9.31. The highest BCUT2D eigenvalue weighted by Gasteiger charge is 2.17. The van der Waals surface area contributed by atoms with Gasteiger partial charge in [0.1, 0.15) is 0 Å². The summed E-state index contributed by atoms with van der Waals surface area (Å²) >= 11 is 0. The number of fused-ring (bicyclic) bond motifs is 1. The van der Waals surface area contributed by atoms with Crippen molar-refractivity contribution >= 4 is 0 Å². The van der Waals surface area contributed by atoms with Crippen molar-refractivity contribution in [3.05, 3.63) is 23.8 Å². The van der Waals surface area contributed by atoms with E-state index in [1.54, 1.807) is 0 Å². The van der Waals surface area contributed by atoms with Crippen molar-refractivity contribution in [2.24, 2.45) is 5.92 Å². The number of rotatable bonds is 4. The lowest BCUT2D eigenvalue weighted by Gasteiger charge is -2.29. The van der Waals surface area contributed by atoms with Gasteiger partial charge >= 0.3 is 0 Å². The fourth-order valence-electron chi connectivity index (χ4n) is 2.91. The van der Waals surface area contributed by atoms with Crippen molar-refractivity contribution in [3.63, 3.8) is 0 Å². The predicted octanol–water partition coefficient (Wildman–Crippen LogP) is 1.85. The van der Waals surface area contributed by atoms with Gasteiger partial charge in [0.15, 0.2) is 11.5 Å². The number of piperidine rings is 1. The monoisotopic (exact) mass is 262 g/mol. The molecule has 1 saturated heterocycles. The molecule has 104 valence electrons. The lowest BCUT2D eigenvalue weighted by molar-refractivity contribution is 0.174. The standard InChI is InChI=1S/C15H22N2O2/c1-17-6-2-3-13(10-17)9-16-8-12-4-5-14-15(7-12)19-11-18-14/h4-5,7,13,16H,2-3,6,8-11H2,1H3. The molecule has 1 unspecified atom stereocenters. The van der Waals surface area contributed by atoms with Gasteiger partial charge in [-0.3, -0.25) is 0 Å². The highest BCUT2D eigenvalue weighted by molar-refractivity contribution is 5.44. The molecule has 0 amide bonds. The van der Waals surface area contributed by atoms with E-state index in [4.69, 9.17) is 9.47 Å². The van der Waals surface area contributed by atoms with Gasteiger partial charge in [0.05, 0.1) is 0 Å². The smallest absolute Gasteiger partial charge is 0.231 e. The van der Waals surface area contributed by atoms with E-state index in [2.05, 4.69) is 29.4 Å². The Morgan fingerprint density at radius 2 is 2.21 bits per heavy atom. The number of likely N-dealkylation sites (tertiary alicyclic amines) is 1. The minimum absolute atomic E-state index is 0.348. The second-order valence-corrected chi connectivity index (χ2v) is 5.59. The van der Waals surface area contributed by atoms with E-state index in [0.29, 0.717) is 6.79 Å². The highest BCUT2D eigenvalue weighted by Crippen LogP contribution is 2.32. The van der Waals surface area contributed by atoms with E-state index in [9.17, 15) is 0 Å². The van der Waals surface area contributed by atoms with Crippen molar-refractivity contribution < 1.29 is 9.47 Å². The van der Waals surface area contributed by atoms with Gasteiger partial charge in [0, 0.05) is 13.1 Å². The summed E-state index contributed by atoms with van der Waals surface area (Å²) in [5.41, 5.74) is 1.26. The fourth-order valence-corrected chi connectivity index (χ4v) is 2.91. The Morgan fingerprint density at radius 1 is 1.32 bits per heavy atom. The number of nitrogens with one attached hydrogen (secondary N) is 1. The van der Waals surface area contributed by atoms with Crippen LogP contribution in [0.25, 0.3) is 0 Å². The summed E-state index contributed by atoms with van der Waals surface area (Å²) in [5, 5.41) is 3.56. The zero-order valence-electron chi connectivity index (χ0n) is 11.5. The zero-order chi connectivity index (χ0) is 13.1. The molecule has 0 saturated carbocycles. The number of hydrogen-bond donors (Lipinski definition) is 1. The van der Waals surface area contributed by atoms with Gasteiger partial charge in [0.2, 0.25) is 6.79 Å². The van der Waals surface area contributed by atoms with Crippen LogP contribution in [0.3, 0.4) is 0 Å². The first kappa shape index (κ1) is 12.8. The summed E-state index contributed by atoms with van der Waals surface area (Å²) < 4.78 is 10.7. The Bertz CT molecular complexity index is 436. The average molecular weight is 262 g/mol. The molecular formula is C15H22N2O2. The van der Waals surface area contributed by atoms with Crippen molar-refractivity contribution in [1.29, 1.82) is 0 Å². The van der Waals surface area contributed by atoms with Crippen molar-refractivity contribution in [2.45, 2.75) is 19.4 Å². The lowest BCUT2D eigenvalue weighted by Crippen LogP contribution is -2.37. The normalized spacial score (nSPS) is 22.7. The average Bonchev–Trinajstić information content (AvgIpc) is 2.86. The fraction of sp³-hybridized carbons (Fsp3) is 0.600. The maximum absolute atomic E-state index is 5.39. The van der Waals surface area contributed by atoms with Crippen LogP contribution in [-0.4, -0.2) is 38.4 Å². The molecular weight excluding hydrogens is 240 g/mol. The summed E-state index contributed by atoms with van der Waals surface area (Å²) in [4.78, 5) is 2.43. The van der Waals surface area contributed by atoms with Gasteiger partial charge in [-0.05, 0) is 56.6 Å². The molecule has 0 bridgehead atoms. The molecule has 19 heavy (non-hydrogen) atoms. The topological polar surface area (TPSA) is 33.7 Å².